The maximum Gasteiger partial charge on any atom is 0.338 e. The number of rotatable bonds is 6. The van der Waals surface area contributed by atoms with Gasteiger partial charge in [0.15, 0.2) is 6.61 Å². The van der Waals surface area contributed by atoms with Crippen LogP contribution >= 0.6 is 11.6 Å². The molecular weight excluding hydrogens is 437 g/mol. The molecule has 0 aliphatic carbocycles. The number of halogens is 2. The van der Waals surface area contributed by atoms with Crippen LogP contribution in [0.4, 0.5) is 10.2 Å². The first-order chi connectivity index (χ1) is 14.3. The van der Waals surface area contributed by atoms with E-state index >= 15 is 0 Å². The minimum absolute atomic E-state index is 0.176. The lowest BCUT2D eigenvalue weighted by Crippen LogP contribution is -2.36. The monoisotopic (exact) mass is 455 g/mol. The minimum Gasteiger partial charge on any atom is -0.452 e. The Morgan fingerprint density at radius 2 is 1.90 bits per heavy atom. The molecule has 1 saturated heterocycles. The smallest absolute Gasteiger partial charge is 0.338 e. The summed E-state index contributed by atoms with van der Waals surface area (Å²) in [5.74, 6) is -2.34. The number of aromatic nitrogens is 1. The third-order valence-corrected chi connectivity index (χ3v) is 6.57. The third kappa shape index (κ3) is 5.32. The summed E-state index contributed by atoms with van der Waals surface area (Å²) in [6, 6.07) is 5.93. The van der Waals surface area contributed by atoms with Crippen LogP contribution in [0, 0.1) is 5.82 Å². The van der Waals surface area contributed by atoms with E-state index in [4.69, 9.17) is 16.3 Å². The lowest BCUT2D eigenvalue weighted by atomic mass is 10.2. The van der Waals surface area contributed by atoms with Crippen LogP contribution in [0.1, 0.15) is 29.6 Å². The molecule has 30 heavy (non-hydrogen) atoms. The van der Waals surface area contributed by atoms with Gasteiger partial charge in [0.05, 0.1) is 10.6 Å². The molecule has 0 unspecified atom stereocenters. The van der Waals surface area contributed by atoms with Gasteiger partial charge in [0.1, 0.15) is 16.5 Å². The van der Waals surface area contributed by atoms with Crippen LogP contribution in [-0.2, 0) is 19.6 Å². The Balaban J connectivity index is 1.67. The normalized spacial score (nSPS) is 14.9. The van der Waals surface area contributed by atoms with Gasteiger partial charge in [-0.25, -0.2) is 22.6 Å². The number of ether oxygens (including phenoxy) is 1. The van der Waals surface area contributed by atoms with Crippen LogP contribution in [0.2, 0.25) is 5.02 Å². The van der Waals surface area contributed by atoms with E-state index in [9.17, 15) is 22.4 Å². The predicted octanol–water partition coefficient (Wildman–Crippen LogP) is 2.84. The van der Waals surface area contributed by atoms with Crippen molar-refractivity contribution in [1.29, 1.82) is 0 Å². The van der Waals surface area contributed by atoms with E-state index < -0.39 is 39.2 Å². The Hall–Kier alpha value is -2.56. The van der Waals surface area contributed by atoms with E-state index in [2.05, 4.69) is 10.3 Å². The number of anilines is 1. The number of esters is 1. The molecule has 1 amide bonds. The van der Waals surface area contributed by atoms with Crippen molar-refractivity contribution in [3.05, 3.63) is 52.9 Å². The number of pyridine rings is 1. The van der Waals surface area contributed by atoms with Crippen LogP contribution in [0.3, 0.4) is 0 Å². The molecule has 1 fully saturated rings. The molecule has 1 aliphatic heterocycles. The summed E-state index contributed by atoms with van der Waals surface area (Å²) in [5.41, 5.74) is -0.176. The Kier molecular flexibility index (Phi) is 7.01. The Labute approximate surface area is 178 Å². The van der Waals surface area contributed by atoms with Gasteiger partial charge in [-0.1, -0.05) is 18.0 Å². The van der Waals surface area contributed by atoms with Gasteiger partial charge < -0.3 is 10.1 Å². The first kappa shape index (κ1) is 22.1. The number of sulfonamides is 1. The SMILES string of the molecule is O=C(COC(=O)c1ccc(F)c(S(=O)(=O)N2CCCCC2)c1)Nc1ccc(Cl)cn1. The molecule has 0 spiro atoms. The van der Waals surface area contributed by atoms with Crippen LogP contribution in [-0.4, -0.2) is 49.3 Å². The molecular formula is C19H19ClFN3O5S. The molecule has 0 bridgehead atoms. The van der Waals surface area contributed by atoms with Crippen molar-refractivity contribution in [2.45, 2.75) is 24.2 Å². The van der Waals surface area contributed by atoms with Gasteiger partial charge in [-0.3, -0.25) is 4.79 Å². The van der Waals surface area contributed by atoms with Gasteiger partial charge in [-0.05, 0) is 43.2 Å². The molecule has 0 atom stereocenters. The van der Waals surface area contributed by atoms with Crippen LogP contribution in [0.25, 0.3) is 0 Å². The molecule has 11 heteroatoms. The number of hydrogen-bond acceptors (Lipinski definition) is 6. The van der Waals surface area contributed by atoms with Gasteiger partial charge in [-0.15, -0.1) is 0 Å². The fourth-order valence-corrected chi connectivity index (χ4v) is 4.63. The van der Waals surface area contributed by atoms with E-state index in [1.165, 1.54) is 22.6 Å². The number of benzene rings is 1. The summed E-state index contributed by atoms with van der Waals surface area (Å²) in [7, 11) is -4.07. The standard InChI is InChI=1S/C19H19ClFN3O5S/c20-14-5-7-17(22-11-14)23-18(25)12-29-19(26)13-4-6-15(21)16(10-13)30(27,28)24-8-2-1-3-9-24/h4-7,10-11H,1-3,8-9,12H2,(H,22,23,25). The van der Waals surface area contributed by atoms with Gasteiger partial charge in [0, 0.05) is 19.3 Å². The Bertz CT molecular complexity index is 1040. The predicted molar refractivity (Wildman–Crippen MR) is 107 cm³/mol. The molecule has 2 aromatic rings. The van der Waals surface area contributed by atoms with Crippen molar-refractivity contribution in [1.82, 2.24) is 9.29 Å². The fourth-order valence-electron chi connectivity index (χ4n) is 2.92. The highest BCUT2D eigenvalue weighted by Crippen LogP contribution is 2.24. The van der Waals surface area contributed by atoms with Gasteiger partial charge in [0.25, 0.3) is 5.91 Å². The highest BCUT2D eigenvalue weighted by Gasteiger charge is 2.29. The molecule has 0 radical (unpaired) electrons. The highest BCUT2D eigenvalue weighted by molar-refractivity contribution is 7.89. The van der Waals surface area contributed by atoms with Crippen molar-refractivity contribution in [3.63, 3.8) is 0 Å². The lowest BCUT2D eigenvalue weighted by Gasteiger charge is -2.26. The van der Waals surface area contributed by atoms with E-state index in [1.807, 2.05) is 0 Å². The second-order valence-corrected chi connectivity index (χ2v) is 8.94. The van der Waals surface area contributed by atoms with Crippen molar-refractivity contribution >= 4 is 39.3 Å². The molecule has 0 saturated carbocycles. The average molecular weight is 456 g/mol. The fraction of sp³-hybridized carbons (Fsp3) is 0.316. The zero-order valence-corrected chi connectivity index (χ0v) is 17.4. The first-order valence-corrected chi connectivity index (χ1v) is 11.0. The summed E-state index contributed by atoms with van der Waals surface area (Å²) in [6.45, 7) is -0.0283. The van der Waals surface area contributed by atoms with Crippen LogP contribution in [0.15, 0.2) is 41.4 Å². The zero-order chi connectivity index (χ0) is 21.7. The van der Waals surface area contributed by atoms with Crippen LogP contribution in [0.5, 0.6) is 0 Å². The quantitative estimate of drug-likeness (QED) is 0.671. The third-order valence-electron chi connectivity index (χ3n) is 4.43. The Morgan fingerprint density at radius 3 is 2.57 bits per heavy atom. The second-order valence-electron chi connectivity index (χ2n) is 6.60. The van der Waals surface area contributed by atoms with Gasteiger partial charge >= 0.3 is 5.97 Å². The van der Waals surface area contributed by atoms with E-state index in [-0.39, 0.29) is 11.4 Å². The van der Waals surface area contributed by atoms with E-state index in [0.717, 1.165) is 24.6 Å². The van der Waals surface area contributed by atoms with Crippen LogP contribution < -0.4 is 5.32 Å². The van der Waals surface area contributed by atoms with E-state index in [1.54, 1.807) is 0 Å². The Morgan fingerprint density at radius 1 is 1.17 bits per heavy atom. The van der Waals surface area contributed by atoms with Crippen molar-refractivity contribution in [2.75, 3.05) is 25.0 Å². The minimum atomic E-state index is -4.07. The van der Waals surface area contributed by atoms with E-state index in [0.29, 0.717) is 31.0 Å². The number of hydrogen-bond donors (Lipinski definition) is 1. The molecule has 1 aromatic heterocycles. The first-order valence-electron chi connectivity index (χ1n) is 9.15. The number of nitrogens with one attached hydrogen (secondary N) is 1. The van der Waals surface area contributed by atoms with Crippen molar-refractivity contribution in [3.8, 4) is 0 Å². The lowest BCUT2D eigenvalue weighted by molar-refractivity contribution is -0.119. The summed E-state index contributed by atoms with van der Waals surface area (Å²) >= 11 is 5.71. The van der Waals surface area contributed by atoms with Gasteiger partial charge in [0.2, 0.25) is 10.0 Å². The molecule has 1 N–H and O–H groups in total. The average Bonchev–Trinajstić information content (AvgIpc) is 2.74. The maximum atomic E-state index is 14.2. The summed E-state index contributed by atoms with van der Waals surface area (Å²) in [6.07, 6.45) is 3.64. The van der Waals surface area contributed by atoms with Gasteiger partial charge in [-0.2, -0.15) is 4.31 Å². The maximum absolute atomic E-state index is 14.2. The zero-order valence-electron chi connectivity index (χ0n) is 15.8. The topological polar surface area (TPSA) is 106 Å². The second kappa shape index (κ2) is 9.50. The molecule has 1 aromatic carbocycles. The molecule has 160 valence electrons. The largest absolute Gasteiger partial charge is 0.452 e. The molecule has 8 nitrogen and oxygen atoms in total. The molecule has 2 heterocycles. The van der Waals surface area contributed by atoms with Crippen molar-refractivity contribution < 1.29 is 27.1 Å². The van der Waals surface area contributed by atoms with Crippen molar-refractivity contribution in [2.24, 2.45) is 0 Å². The summed E-state index contributed by atoms with van der Waals surface area (Å²) in [4.78, 5) is 27.4. The number of nitrogens with zero attached hydrogens (tertiary/aromatic N) is 2. The number of carbonyl (C=O) groups excluding carboxylic acids is 2. The molecule has 1 aliphatic rings. The summed E-state index contributed by atoms with van der Waals surface area (Å²) < 4.78 is 45.8. The summed E-state index contributed by atoms with van der Waals surface area (Å²) in [5, 5.41) is 2.81. The number of carbonyl (C=O) groups is 2. The number of amides is 1. The highest BCUT2D eigenvalue weighted by atomic mass is 35.5. The number of piperidine rings is 1. The molecule has 3 rings (SSSR count).